The van der Waals surface area contributed by atoms with Gasteiger partial charge in [-0.05, 0) is 48.7 Å². The molecule has 0 aromatic heterocycles. The Morgan fingerprint density at radius 1 is 1.04 bits per heavy atom. The molecule has 1 N–H and O–H groups in total. The number of hydrogen-bond acceptors (Lipinski definition) is 3. The molecule has 1 heterocycles. The summed E-state index contributed by atoms with van der Waals surface area (Å²) in [6.07, 6.45) is 1.75. The average molecular weight is 331 g/mol. The Kier molecular flexibility index (Phi) is 4.17. The second kappa shape index (κ2) is 6.12. The lowest BCUT2D eigenvalue weighted by Crippen LogP contribution is -2.39. The number of rotatable bonds is 4. The van der Waals surface area contributed by atoms with E-state index in [2.05, 4.69) is 4.72 Å². The van der Waals surface area contributed by atoms with E-state index in [9.17, 15) is 8.42 Å². The number of anilines is 3. The average Bonchev–Trinajstić information content (AvgIpc) is 2.54. The van der Waals surface area contributed by atoms with Crippen LogP contribution < -0.4 is 13.9 Å². The maximum Gasteiger partial charge on any atom is 0.323 e. The summed E-state index contributed by atoms with van der Waals surface area (Å²) in [4.78, 5) is 1.97. The Hall–Kier alpha value is -2.21. The summed E-state index contributed by atoms with van der Waals surface area (Å²) in [6, 6.07) is 15.0. The van der Waals surface area contributed by atoms with Gasteiger partial charge in [0.05, 0.1) is 11.4 Å². The Morgan fingerprint density at radius 2 is 1.74 bits per heavy atom. The molecule has 23 heavy (non-hydrogen) atoms. The zero-order chi connectivity index (χ0) is 16.4. The Morgan fingerprint density at radius 3 is 2.43 bits per heavy atom. The first-order valence-electron chi connectivity index (χ1n) is 7.63. The Bertz CT molecular complexity index is 786. The van der Waals surface area contributed by atoms with E-state index in [1.54, 1.807) is 12.1 Å². The summed E-state index contributed by atoms with van der Waals surface area (Å²) in [6.45, 7) is 0.502. The molecule has 3 rings (SSSR count). The van der Waals surface area contributed by atoms with E-state index in [4.69, 9.17) is 0 Å². The van der Waals surface area contributed by atoms with Gasteiger partial charge in [0.2, 0.25) is 0 Å². The van der Waals surface area contributed by atoms with E-state index in [-0.39, 0.29) is 0 Å². The van der Waals surface area contributed by atoms with Crippen molar-refractivity contribution in [1.29, 1.82) is 0 Å². The molecule has 0 amide bonds. The molecule has 122 valence electrons. The van der Waals surface area contributed by atoms with Crippen LogP contribution in [0.5, 0.6) is 0 Å². The van der Waals surface area contributed by atoms with Crippen LogP contribution >= 0.6 is 0 Å². The van der Waals surface area contributed by atoms with Crippen molar-refractivity contribution < 1.29 is 8.42 Å². The maximum atomic E-state index is 12.7. The number of fused-ring (bicyclic) bond motifs is 1. The summed E-state index contributed by atoms with van der Waals surface area (Å²) in [5.74, 6) is 0. The Balaban J connectivity index is 1.85. The second-order valence-corrected chi connectivity index (χ2v) is 7.45. The van der Waals surface area contributed by atoms with Crippen LogP contribution in [0.3, 0.4) is 0 Å². The fourth-order valence-electron chi connectivity index (χ4n) is 2.78. The lowest BCUT2D eigenvalue weighted by molar-refractivity contribution is 0.592. The van der Waals surface area contributed by atoms with E-state index >= 15 is 0 Å². The van der Waals surface area contributed by atoms with Gasteiger partial charge < -0.3 is 4.90 Å². The van der Waals surface area contributed by atoms with E-state index < -0.39 is 10.2 Å². The molecule has 0 atom stereocenters. The van der Waals surface area contributed by atoms with Crippen LogP contribution in [0.4, 0.5) is 17.1 Å². The highest BCUT2D eigenvalue weighted by Crippen LogP contribution is 2.29. The minimum atomic E-state index is -3.61. The van der Waals surface area contributed by atoms with Gasteiger partial charge >= 0.3 is 10.2 Å². The van der Waals surface area contributed by atoms with Gasteiger partial charge in [0, 0.05) is 26.3 Å². The highest BCUT2D eigenvalue weighted by Gasteiger charge is 2.27. The van der Waals surface area contributed by atoms with Crippen molar-refractivity contribution in [2.24, 2.45) is 0 Å². The molecule has 0 radical (unpaired) electrons. The molecule has 0 spiro atoms. The lowest BCUT2D eigenvalue weighted by atomic mass is 10.0. The van der Waals surface area contributed by atoms with Gasteiger partial charge in [0.1, 0.15) is 0 Å². The van der Waals surface area contributed by atoms with Crippen LogP contribution in [0.2, 0.25) is 0 Å². The van der Waals surface area contributed by atoms with Crippen LogP contribution in [-0.4, -0.2) is 29.1 Å². The minimum absolute atomic E-state index is 0.502. The zero-order valence-corrected chi connectivity index (χ0v) is 14.2. The summed E-state index contributed by atoms with van der Waals surface area (Å²) in [7, 11) is 0.283. The number of nitrogens with one attached hydrogen (secondary N) is 1. The largest absolute Gasteiger partial charge is 0.378 e. The zero-order valence-electron chi connectivity index (χ0n) is 13.4. The van der Waals surface area contributed by atoms with E-state index in [1.165, 1.54) is 4.31 Å². The third-order valence-electron chi connectivity index (χ3n) is 3.99. The van der Waals surface area contributed by atoms with Crippen molar-refractivity contribution in [3.63, 3.8) is 0 Å². The molecule has 2 aromatic rings. The van der Waals surface area contributed by atoms with E-state index in [1.807, 2.05) is 55.4 Å². The van der Waals surface area contributed by atoms with Crippen LogP contribution in [0, 0.1) is 0 Å². The van der Waals surface area contributed by atoms with Crippen molar-refractivity contribution in [1.82, 2.24) is 0 Å². The van der Waals surface area contributed by atoms with Crippen LogP contribution in [0.1, 0.15) is 12.0 Å². The van der Waals surface area contributed by atoms with E-state index in [0.717, 1.165) is 29.8 Å². The topological polar surface area (TPSA) is 52.7 Å². The molecule has 1 aliphatic heterocycles. The van der Waals surface area contributed by atoms with Crippen molar-refractivity contribution in [3.05, 3.63) is 54.1 Å². The highest BCUT2D eigenvalue weighted by atomic mass is 32.2. The van der Waals surface area contributed by atoms with Gasteiger partial charge in [-0.15, -0.1) is 0 Å². The highest BCUT2D eigenvalue weighted by molar-refractivity contribution is 7.94. The van der Waals surface area contributed by atoms with Gasteiger partial charge in [-0.25, -0.2) is 0 Å². The SMILES string of the molecule is CN(C)c1ccc(NS(=O)(=O)N2CCCc3ccccc32)cc1. The minimum Gasteiger partial charge on any atom is -0.378 e. The van der Waals surface area contributed by atoms with Crippen LogP contribution in [0.15, 0.2) is 48.5 Å². The second-order valence-electron chi connectivity index (χ2n) is 5.85. The molecule has 0 unspecified atom stereocenters. The van der Waals surface area contributed by atoms with Gasteiger partial charge in [-0.3, -0.25) is 9.03 Å². The van der Waals surface area contributed by atoms with Gasteiger partial charge in [0.15, 0.2) is 0 Å². The third kappa shape index (κ3) is 3.27. The monoisotopic (exact) mass is 331 g/mol. The number of benzene rings is 2. The first kappa shape index (κ1) is 15.7. The van der Waals surface area contributed by atoms with Crippen molar-refractivity contribution in [2.45, 2.75) is 12.8 Å². The summed E-state index contributed by atoms with van der Waals surface area (Å²) < 4.78 is 29.6. The number of para-hydroxylation sites is 1. The number of hydrogen-bond donors (Lipinski definition) is 1. The number of nitrogens with zero attached hydrogens (tertiary/aromatic N) is 2. The molecular weight excluding hydrogens is 310 g/mol. The standard InChI is InChI=1S/C17H21N3O2S/c1-19(2)16-11-9-15(10-12-16)18-23(21,22)20-13-5-7-14-6-3-4-8-17(14)20/h3-4,6,8-12,18H,5,7,13H2,1-2H3. The van der Waals surface area contributed by atoms with Gasteiger partial charge in [-0.1, -0.05) is 18.2 Å². The molecule has 5 nitrogen and oxygen atoms in total. The smallest absolute Gasteiger partial charge is 0.323 e. The number of aryl methyl sites for hydroxylation is 1. The molecule has 0 fully saturated rings. The Labute approximate surface area is 137 Å². The molecule has 1 aliphatic rings. The first-order chi connectivity index (χ1) is 11.0. The van der Waals surface area contributed by atoms with Crippen molar-refractivity contribution in [2.75, 3.05) is 34.6 Å². The summed E-state index contributed by atoms with van der Waals surface area (Å²) in [5.41, 5.74) is 3.44. The van der Waals surface area contributed by atoms with Crippen molar-refractivity contribution in [3.8, 4) is 0 Å². The predicted molar refractivity (Wildman–Crippen MR) is 95.4 cm³/mol. The third-order valence-corrected chi connectivity index (χ3v) is 5.44. The molecule has 2 aromatic carbocycles. The van der Waals surface area contributed by atoms with E-state index in [0.29, 0.717) is 12.2 Å². The van der Waals surface area contributed by atoms with Crippen LogP contribution in [-0.2, 0) is 16.6 Å². The quantitative estimate of drug-likeness (QED) is 0.937. The lowest BCUT2D eigenvalue weighted by Gasteiger charge is -2.30. The summed E-state index contributed by atoms with van der Waals surface area (Å²) >= 11 is 0. The van der Waals surface area contributed by atoms with Gasteiger partial charge in [0.25, 0.3) is 0 Å². The van der Waals surface area contributed by atoms with Crippen molar-refractivity contribution >= 4 is 27.3 Å². The summed E-state index contributed by atoms with van der Waals surface area (Å²) in [5, 5.41) is 0. The molecule has 0 saturated carbocycles. The first-order valence-corrected chi connectivity index (χ1v) is 9.07. The molecule has 0 saturated heterocycles. The molecule has 6 heteroatoms. The maximum absolute atomic E-state index is 12.7. The van der Waals surface area contributed by atoms with Gasteiger partial charge in [-0.2, -0.15) is 8.42 Å². The molecule has 0 aliphatic carbocycles. The fourth-order valence-corrected chi connectivity index (χ4v) is 4.13. The normalized spacial score (nSPS) is 14.3. The fraction of sp³-hybridized carbons (Fsp3) is 0.294. The molecule has 0 bridgehead atoms. The predicted octanol–water partition coefficient (Wildman–Crippen LogP) is 2.86. The molecular formula is C17H21N3O2S. The van der Waals surface area contributed by atoms with Crippen LogP contribution in [0.25, 0.3) is 0 Å².